The third-order valence-corrected chi connectivity index (χ3v) is 5.63. The zero-order chi connectivity index (χ0) is 18.6. The molecule has 4 rings (SSSR count). The van der Waals surface area contributed by atoms with E-state index in [0.29, 0.717) is 11.6 Å². The molecule has 27 heavy (non-hydrogen) atoms. The molecular weight excluding hydrogens is 338 g/mol. The van der Waals surface area contributed by atoms with E-state index in [9.17, 15) is 4.79 Å². The summed E-state index contributed by atoms with van der Waals surface area (Å²) in [5.41, 5.74) is 9.74. The largest absolute Gasteiger partial charge is 0.324 e. The third kappa shape index (κ3) is 4.76. The van der Waals surface area contributed by atoms with Crippen LogP contribution in [0.4, 0.5) is 5.69 Å². The van der Waals surface area contributed by atoms with Gasteiger partial charge in [0.2, 0.25) is 0 Å². The van der Waals surface area contributed by atoms with Gasteiger partial charge in [0.25, 0.3) is 5.91 Å². The van der Waals surface area contributed by atoms with E-state index in [4.69, 9.17) is 5.73 Å². The molecule has 144 valence electrons. The molecular formula is C21H29N5O. The second-order valence-corrected chi connectivity index (χ2v) is 7.86. The number of nitrogens with zero attached hydrogens (tertiary/aromatic N) is 2. The van der Waals surface area contributed by atoms with Crippen molar-refractivity contribution >= 4 is 11.6 Å². The Hall–Kier alpha value is -2.18. The van der Waals surface area contributed by atoms with Gasteiger partial charge in [-0.1, -0.05) is 18.6 Å². The van der Waals surface area contributed by atoms with Gasteiger partial charge in [-0.3, -0.25) is 9.89 Å². The first-order valence-corrected chi connectivity index (χ1v) is 10.1. The van der Waals surface area contributed by atoms with Gasteiger partial charge in [0.1, 0.15) is 0 Å². The fourth-order valence-electron chi connectivity index (χ4n) is 3.77. The van der Waals surface area contributed by atoms with Gasteiger partial charge >= 0.3 is 0 Å². The molecule has 2 fully saturated rings. The first kappa shape index (κ1) is 18.2. The van der Waals surface area contributed by atoms with Crippen molar-refractivity contribution in [3.8, 4) is 0 Å². The Balaban J connectivity index is 1.33. The fraction of sp³-hybridized carbons (Fsp3) is 0.524. The number of aromatic amines is 1. The summed E-state index contributed by atoms with van der Waals surface area (Å²) in [7, 11) is 0. The molecule has 2 aromatic rings. The highest BCUT2D eigenvalue weighted by molar-refractivity contribution is 6.02. The van der Waals surface area contributed by atoms with Crippen LogP contribution >= 0.6 is 0 Å². The van der Waals surface area contributed by atoms with Crippen molar-refractivity contribution in [2.24, 2.45) is 5.73 Å². The molecule has 4 N–H and O–H groups in total. The summed E-state index contributed by atoms with van der Waals surface area (Å²) < 4.78 is 0. The van der Waals surface area contributed by atoms with Crippen LogP contribution in [0.25, 0.3) is 0 Å². The molecule has 0 spiro atoms. The molecule has 1 aliphatic heterocycles. The van der Waals surface area contributed by atoms with E-state index in [1.807, 2.05) is 30.3 Å². The molecule has 1 atom stereocenters. The lowest BCUT2D eigenvalue weighted by molar-refractivity contribution is 0.102. The summed E-state index contributed by atoms with van der Waals surface area (Å²) in [4.78, 5) is 15.0. The number of hydrogen-bond donors (Lipinski definition) is 3. The number of nitrogens with one attached hydrogen (secondary N) is 2. The molecule has 1 aliphatic carbocycles. The molecule has 2 heterocycles. The van der Waals surface area contributed by atoms with Gasteiger partial charge in [-0.2, -0.15) is 5.10 Å². The van der Waals surface area contributed by atoms with Gasteiger partial charge < -0.3 is 16.0 Å². The van der Waals surface area contributed by atoms with Crippen LogP contribution < -0.4 is 11.1 Å². The average Bonchev–Trinajstić information content (AvgIpc) is 3.43. The number of benzene rings is 1. The smallest absolute Gasteiger partial charge is 0.276 e. The van der Waals surface area contributed by atoms with E-state index in [0.717, 1.165) is 29.9 Å². The molecule has 0 radical (unpaired) electrons. The molecule has 1 saturated heterocycles. The molecule has 2 aliphatic rings. The van der Waals surface area contributed by atoms with Gasteiger partial charge in [0, 0.05) is 23.3 Å². The molecule has 1 aromatic heterocycles. The van der Waals surface area contributed by atoms with Crippen molar-refractivity contribution in [3.05, 3.63) is 47.3 Å². The van der Waals surface area contributed by atoms with Crippen LogP contribution in [0.5, 0.6) is 0 Å². The van der Waals surface area contributed by atoms with Crippen LogP contribution in [0.2, 0.25) is 0 Å². The number of carbonyl (C=O) groups is 1. The minimum Gasteiger partial charge on any atom is -0.324 e. The molecule has 6 heteroatoms. The van der Waals surface area contributed by atoms with Gasteiger partial charge in [0.15, 0.2) is 5.69 Å². The number of hydrogen-bond acceptors (Lipinski definition) is 4. The maximum absolute atomic E-state index is 12.5. The summed E-state index contributed by atoms with van der Waals surface area (Å²) in [5, 5.41) is 10.1. The van der Waals surface area contributed by atoms with E-state index in [1.54, 1.807) is 0 Å². The standard InChI is InChI=1S/C21H29N5O/c22-18(9-12-26-10-2-1-3-11-26)16-5-4-6-17(13-16)23-21(27)20-14-19(24-25-20)15-7-8-15/h4-6,13-15,18H,1-3,7-12,22H2,(H,23,27)(H,24,25). The Morgan fingerprint density at radius 2 is 2.07 bits per heavy atom. The number of H-pyrrole nitrogens is 1. The number of rotatable bonds is 7. The quantitative estimate of drug-likeness (QED) is 0.700. The van der Waals surface area contributed by atoms with Crippen LogP contribution in [-0.4, -0.2) is 40.6 Å². The molecule has 1 unspecified atom stereocenters. The van der Waals surface area contributed by atoms with E-state index < -0.39 is 0 Å². The predicted octanol–water partition coefficient (Wildman–Crippen LogP) is 3.42. The molecule has 0 bridgehead atoms. The van der Waals surface area contributed by atoms with Crippen molar-refractivity contribution in [2.45, 2.75) is 50.5 Å². The minimum atomic E-state index is -0.183. The van der Waals surface area contributed by atoms with Gasteiger partial charge in [-0.15, -0.1) is 0 Å². The molecule has 1 amide bonds. The van der Waals surface area contributed by atoms with E-state index in [-0.39, 0.29) is 11.9 Å². The van der Waals surface area contributed by atoms with E-state index in [2.05, 4.69) is 20.4 Å². The Kier molecular flexibility index (Phi) is 5.55. The van der Waals surface area contributed by atoms with Crippen LogP contribution in [0, 0.1) is 0 Å². The number of carbonyl (C=O) groups excluding carboxylic acids is 1. The lowest BCUT2D eigenvalue weighted by Gasteiger charge is -2.27. The third-order valence-electron chi connectivity index (χ3n) is 5.63. The number of amides is 1. The van der Waals surface area contributed by atoms with Crippen LogP contribution in [0.3, 0.4) is 0 Å². The summed E-state index contributed by atoms with van der Waals surface area (Å²) in [6.07, 6.45) is 7.24. The summed E-state index contributed by atoms with van der Waals surface area (Å²) in [5.74, 6) is 0.373. The lowest BCUT2D eigenvalue weighted by atomic mass is 10.0. The fourth-order valence-corrected chi connectivity index (χ4v) is 3.77. The molecule has 1 saturated carbocycles. The normalized spacial score (nSPS) is 19.0. The second kappa shape index (κ2) is 8.23. The van der Waals surface area contributed by atoms with E-state index >= 15 is 0 Å². The Morgan fingerprint density at radius 3 is 2.85 bits per heavy atom. The number of aromatic nitrogens is 2. The molecule has 1 aromatic carbocycles. The number of nitrogens with two attached hydrogens (primary N) is 1. The predicted molar refractivity (Wildman–Crippen MR) is 107 cm³/mol. The first-order chi connectivity index (χ1) is 13.2. The van der Waals surface area contributed by atoms with Crippen molar-refractivity contribution in [3.63, 3.8) is 0 Å². The number of likely N-dealkylation sites (tertiary alicyclic amines) is 1. The summed E-state index contributed by atoms with van der Waals surface area (Å²) in [6.45, 7) is 3.42. The van der Waals surface area contributed by atoms with Crippen LogP contribution in [-0.2, 0) is 0 Å². The summed E-state index contributed by atoms with van der Waals surface area (Å²) >= 11 is 0. The highest BCUT2D eigenvalue weighted by Crippen LogP contribution is 2.39. The van der Waals surface area contributed by atoms with Crippen molar-refractivity contribution in [2.75, 3.05) is 25.0 Å². The zero-order valence-corrected chi connectivity index (χ0v) is 15.8. The monoisotopic (exact) mass is 367 g/mol. The van der Waals surface area contributed by atoms with Crippen molar-refractivity contribution < 1.29 is 4.79 Å². The number of anilines is 1. The maximum Gasteiger partial charge on any atom is 0.276 e. The lowest BCUT2D eigenvalue weighted by Crippen LogP contribution is -2.32. The topological polar surface area (TPSA) is 87.0 Å². The second-order valence-electron chi connectivity index (χ2n) is 7.86. The summed E-state index contributed by atoms with van der Waals surface area (Å²) in [6, 6.07) is 9.71. The minimum absolute atomic E-state index is 0.0179. The Bertz CT molecular complexity index is 776. The Labute approximate surface area is 160 Å². The van der Waals surface area contributed by atoms with Crippen LogP contribution in [0.1, 0.15) is 72.2 Å². The first-order valence-electron chi connectivity index (χ1n) is 10.1. The molecule has 6 nitrogen and oxygen atoms in total. The highest BCUT2D eigenvalue weighted by Gasteiger charge is 2.26. The van der Waals surface area contributed by atoms with Gasteiger partial charge in [-0.05, 0) is 75.5 Å². The van der Waals surface area contributed by atoms with Crippen LogP contribution in [0.15, 0.2) is 30.3 Å². The van der Waals surface area contributed by atoms with Crippen molar-refractivity contribution in [1.29, 1.82) is 0 Å². The maximum atomic E-state index is 12.5. The SMILES string of the molecule is NC(CCN1CCCCC1)c1cccc(NC(=O)c2cc(C3CC3)[nH]n2)c1. The average molecular weight is 367 g/mol. The highest BCUT2D eigenvalue weighted by atomic mass is 16.1. The van der Waals surface area contributed by atoms with Crippen molar-refractivity contribution in [1.82, 2.24) is 15.1 Å². The zero-order valence-electron chi connectivity index (χ0n) is 15.8. The van der Waals surface area contributed by atoms with Gasteiger partial charge in [-0.25, -0.2) is 0 Å². The Morgan fingerprint density at radius 1 is 1.26 bits per heavy atom. The van der Waals surface area contributed by atoms with Gasteiger partial charge in [0.05, 0.1) is 0 Å². The number of piperidine rings is 1. The van der Waals surface area contributed by atoms with E-state index in [1.165, 1.54) is 45.2 Å².